The third kappa shape index (κ3) is 3.94. The van der Waals surface area contributed by atoms with Gasteiger partial charge in [-0.25, -0.2) is 0 Å². The minimum atomic E-state index is -0.751. The number of hydrogen-bond donors (Lipinski definition) is 2. The first-order valence-corrected chi connectivity index (χ1v) is 9.58. The highest BCUT2D eigenvalue weighted by Gasteiger charge is 2.43. The number of methoxy groups -OCH3 is 1. The number of amides is 1. The Morgan fingerprint density at radius 2 is 2.10 bits per heavy atom. The molecule has 1 amide bonds. The molecule has 1 atom stereocenters. The first-order valence-electron chi connectivity index (χ1n) is 9.20. The lowest BCUT2D eigenvalue weighted by Gasteiger charge is -2.37. The monoisotopic (exact) mass is 431 g/mol. The van der Waals surface area contributed by atoms with Crippen LogP contribution in [-0.2, 0) is 14.3 Å². The lowest BCUT2D eigenvalue weighted by molar-refractivity contribution is -0.120. The molecule has 1 aliphatic carbocycles. The average Bonchev–Trinajstić information content (AvgIpc) is 2.64. The van der Waals surface area contributed by atoms with E-state index in [0.29, 0.717) is 29.7 Å². The summed E-state index contributed by atoms with van der Waals surface area (Å²) in [7, 11) is 1.41. The molecular weight excluding hydrogens is 410 g/mol. The van der Waals surface area contributed by atoms with Gasteiger partial charge in [0.25, 0.3) is 5.91 Å². The van der Waals surface area contributed by atoms with Gasteiger partial charge in [0.05, 0.1) is 18.1 Å². The average molecular weight is 432 g/mol. The second kappa shape index (κ2) is 7.92. The van der Waals surface area contributed by atoms with Crippen LogP contribution in [0.3, 0.4) is 0 Å². The minimum Gasteiger partial charge on any atom is -0.493 e. The van der Waals surface area contributed by atoms with Crippen LogP contribution in [0, 0.1) is 16.7 Å². The van der Waals surface area contributed by atoms with E-state index in [1.54, 1.807) is 12.1 Å². The van der Waals surface area contributed by atoms with Gasteiger partial charge in [0.2, 0.25) is 5.88 Å². The number of ketones is 1. The molecule has 9 heteroatoms. The summed E-state index contributed by atoms with van der Waals surface area (Å²) in [6.45, 7) is 3.56. The van der Waals surface area contributed by atoms with Crippen LogP contribution in [0.1, 0.15) is 38.2 Å². The van der Waals surface area contributed by atoms with Crippen LogP contribution >= 0.6 is 11.6 Å². The number of ether oxygens (including phenoxy) is 3. The van der Waals surface area contributed by atoms with Crippen LogP contribution in [0.15, 0.2) is 34.9 Å². The molecule has 30 heavy (non-hydrogen) atoms. The van der Waals surface area contributed by atoms with Gasteiger partial charge in [-0.05, 0) is 23.1 Å². The van der Waals surface area contributed by atoms with Gasteiger partial charge in [-0.1, -0.05) is 25.4 Å². The molecule has 0 saturated carbocycles. The van der Waals surface area contributed by atoms with E-state index in [0.717, 1.165) is 0 Å². The Morgan fingerprint density at radius 1 is 1.40 bits per heavy atom. The highest BCUT2D eigenvalue weighted by Crippen LogP contribution is 2.49. The summed E-state index contributed by atoms with van der Waals surface area (Å²) >= 11 is 6.38. The molecule has 0 saturated heterocycles. The summed E-state index contributed by atoms with van der Waals surface area (Å²) in [5.74, 6) is -0.761. The van der Waals surface area contributed by atoms with Crippen molar-refractivity contribution in [3.05, 3.63) is 45.5 Å². The lowest BCUT2D eigenvalue weighted by atomic mass is 9.70. The summed E-state index contributed by atoms with van der Waals surface area (Å²) < 4.78 is 16.4. The fourth-order valence-electron chi connectivity index (χ4n) is 3.81. The molecule has 3 rings (SSSR count). The smallest absolute Gasteiger partial charge is 0.255 e. The number of nitrogens with two attached hydrogens (primary N) is 2. The number of primary amides is 1. The normalized spacial score (nSPS) is 20.2. The van der Waals surface area contributed by atoms with Gasteiger partial charge in [0, 0.05) is 18.4 Å². The molecule has 8 nitrogen and oxygen atoms in total. The Morgan fingerprint density at radius 3 is 2.70 bits per heavy atom. The van der Waals surface area contributed by atoms with Crippen LogP contribution in [0.5, 0.6) is 11.5 Å². The summed E-state index contributed by atoms with van der Waals surface area (Å²) in [5, 5.41) is 9.86. The van der Waals surface area contributed by atoms with E-state index in [-0.39, 0.29) is 45.8 Å². The molecule has 1 aromatic carbocycles. The first-order chi connectivity index (χ1) is 14.1. The van der Waals surface area contributed by atoms with Crippen LogP contribution in [0.25, 0.3) is 0 Å². The summed E-state index contributed by atoms with van der Waals surface area (Å²) in [4.78, 5) is 24.1. The number of allylic oxidation sites excluding steroid dienone is 3. The molecular formula is C21H22ClN3O5. The SMILES string of the molecule is COc1cc([C@H]2C(C#N)=C(N)OC3=C2C(=O)CC(C)(C)C3)cc(Cl)c1OCC(N)=O. The van der Waals surface area contributed by atoms with Crippen molar-refractivity contribution in [2.45, 2.75) is 32.6 Å². The molecule has 2 aliphatic rings. The molecule has 0 unspecified atom stereocenters. The third-order valence-electron chi connectivity index (χ3n) is 5.02. The Balaban J connectivity index is 2.16. The van der Waals surface area contributed by atoms with E-state index in [1.165, 1.54) is 7.11 Å². The number of carbonyl (C=O) groups is 2. The molecule has 1 aromatic rings. The zero-order valence-electron chi connectivity index (χ0n) is 16.9. The van der Waals surface area contributed by atoms with E-state index in [9.17, 15) is 14.9 Å². The second-order valence-corrected chi connectivity index (χ2v) is 8.40. The maximum absolute atomic E-state index is 13.0. The second-order valence-electron chi connectivity index (χ2n) is 7.99. The highest BCUT2D eigenvalue weighted by molar-refractivity contribution is 6.32. The minimum absolute atomic E-state index is 0.0455. The molecule has 0 bridgehead atoms. The van der Waals surface area contributed by atoms with Gasteiger partial charge < -0.3 is 25.7 Å². The van der Waals surface area contributed by atoms with Crippen molar-refractivity contribution in [1.29, 1.82) is 5.26 Å². The van der Waals surface area contributed by atoms with Gasteiger partial charge in [0.1, 0.15) is 17.4 Å². The Labute approximate surface area is 179 Å². The number of rotatable bonds is 5. The van der Waals surface area contributed by atoms with Crippen LogP contribution in [0.2, 0.25) is 5.02 Å². The van der Waals surface area contributed by atoms with Crippen molar-refractivity contribution >= 4 is 23.3 Å². The van der Waals surface area contributed by atoms with Crippen LogP contribution < -0.4 is 20.9 Å². The van der Waals surface area contributed by atoms with Gasteiger partial charge in [-0.2, -0.15) is 5.26 Å². The fourth-order valence-corrected chi connectivity index (χ4v) is 4.08. The Bertz CT molecular complexity index is 1040. The molecule has 0 aromatic heterocycles. The van der Waals surface area contributed by atoms with Gasteiger partial charge in [-0.3, -0.25) is 9.59 Å². The highest BCUT2D eigenvalue weighted by atomic mass is 35.5. The quantitative estimate of drug-likeness (QED) is 0.730. The third-order valence-corrected chi connectivity index (χ3v) is 5.30. The lowest BCUT2D eigenvalue weighted by Crippen LogP contribution is -2.33. The molecule has 4 N–H and O–H groups in total. The molecule has 158 valence electrons. The van der Waals surface area contributed by atoms with Crippen LogP contribution in [0.4, 0.5) is 0 Å². The first kappa shape index (κ1) is 21.5. The molecule has 1 aliphatic heterocycles. The molecule has 0 spiro atoms. The van der Waals surface area contributed by atoms with Crippen molar-refractivity contribution in [3.8, 4) is 17.6 Å². The number of hydrogen-bond acceptors (Lipinski definition) is 7. The standard InChI is InChI=1S/C21H22ClN3O5/c1-21(2)6-13(26)18-15(7-21)30-20(25)11(8-23)17(18)10-4-12(22)19(14(5-10)28-3)29-9-16(24)27/h4-5,17H,6-7,9,25H2,1-3H3,(H2,24,27)/t17-/m0/s1. The van der Waals surface area contributed by atoms with Crippen molar-refractivity contribution in [1.82, 2.24) is 0 Å². The maximum Gasteiger partial charge on any atom is 0.255 e. The summed E-state index contributed by atoms with van der Waals surface area (Å²) in [5.41, 5.74) is 11.9. The number of nitriles is 1. The van der Waals surface area contributed by atoms with Crippen LogP contribution in [-0.4, -0.2) is 25.4 Å². The number of nitrogens with zero attached hydrogens (tertiary/aromatic N) is 1. The Hall–Kier alpha value is -3.18. The van der Waals surface area contributed by atoms with E-state index >= 15 is 0 Å². The van der Waals surface area contributed by atoms with Gasteiger partial charge >= 0.3 is 0 Å². The topological polar surface area (TPSA) is 138 Å². The fraction of sp³-hybridized carbons (Fsp3) is 0.381. The van der Waals surface area contributed by atoms with Gasteiger partial charge in [-0.15, -0.1) is 0 Å². The molecule has 0 radical (unpaired) electrons. The van der Waals surface area contributed by atoms with Crippen molar-refractivity contribution in [2.24, 2.45) is 16.9 Å². The summed E-state index contributed by atoms with van der Waals surface area (Å²) in [6.07, 6.45) is 0.823. The number of Topliss-reactive ketones (excluding diaryl/α,β-unsaturated/α-hetero) is 1. The van der Waals surface area contributed by atoms with E-state index in [2.05, 4.69) is 6.07 Å². The van der Waals surface area contributed by atoms with E-state index in [4.69, 9.17) is 37.3 Å². The number of benzene rings is 1. The largest absolute Gasteiger partial charge is 0.493 e. The predicted molar refractivity (Wildman–Crippen MR) is 108 cm³/mol. The number of halogens is 1. The predicted octanol–water partition coefficient (Wildman–Crippen LogP) is 2.66. The Kier molecular flexibility index (Phi) is 5.68. The van der Waals surface area contributed by atoms with Gasteiger partial charge in [0.15, 0.2) is 23.9 Å². The number of carbonyl (C=O) groups excluding carboxylic acids is 2. The van der Waals surface area contributed by atoms with E-state index in [1.807, 2.05) is 13.8 Å². The van der Waals surface area contributed by atoms with Crippen molar-refractivity contribution in [2.75, 3.05) is 13.7 Å². The maximum atomic E-state index is 13.0. The molecule has 0 fully saturated rings. The van der Waals surface area contributed by atoms with E-state index < -0.39 is 11.8 Å². The molecule has 1 heterocycles. The van der Waals surface area contributed by atoms with Crippen molar-refractivity contribution in [3.63, 3.8) is 0 Å². The zero-order chi connectivity index (χ0) is 22.2. The van der Waals surface area contributed by atoms with Crippen molar-refractivity contribution < 1.29 is 23.8 Å². The zero-order valence-corrected chi connectivity index (χ0v) is 17.6. The summed E-state index contributed by atoms with van der Waals surface area (Å²) in [6, 6.07) is 5.21.